The minimum absolute atomic E-state index is 0. The van der Waals surface area contributed by atoms with Crippen LogP contribution in [0.2, 0.25) is 0 Å². The molecule has 0 aromatic rings. The first-order valence-corrected chi connectivity index (χ1v) is 21.4. The summed E-state index contributed by atoms with van der Waals surface area (Å²) in [7, 11) is -4.59. The van der Waals surface area contributed by atoms with Gasteiger partial charge < -0.3 is 4.55 Å². The van der Waals surface area contributed by atoms with E-state index in [1.807, 2.05) is 0 Å². The van der Waals surface area contributed by atoms with Crippen LogP contribution in [-0.4, -0.2) is 19.6 Å². The quantitative estimate of drug-likeness (QED) is 0.0281. The maximum absolute atomic E-state index is 11.0. The van der Waals surface area contributed by atoms with Gasteiger partial charge in [0.15, 0.2) is 0 Å². The molecule has 0 saturated carbocycles. The molecule has 0 fully saturated rings. The van der Waals surface area contributed by atoms with Crippen LogP contribution in [0.15, 0.2) is 0 Å². The van der Waals surface area contributed by atoms with Gasteiger partial charge in [0.05, 0.1) is 6.61 Å². The Labute approximate surface area is 326 Å². The molecule has 266 valence electrons. The third-order valence-electron chi connectivity index (χ3n) is 9.63. The molecule has 0 aliphatic heterocycles. The van der Waals surface area contributed by atoms with Crippen molar-refractivity contribution < 1.29 is 68.5 Å². The van der Waals surface area contributed by atoms with Gasteiger partial charge in [-0.2, -0.15) is 0 Å². The van der Waals surface area contributed by atoms with Gasteiger partial charge in [-0.15, -0.1) is 0 Å². The van der Waals surface area contributed by atoms with Crippen molar-refractivity contribution in [1.29, 1.82) is 0 Å². The molecule has 0 aliphatic rings. The van der Waals surface area contributed by atoms with E-state index in [2.05, 4.69) is 18.0 Å². The van der Waals surface area contributed by atoms with Crippen LogP contribution in [0.1, 0.15) is 239 Å². The van der Waals surface area contributed by atoms with E-state index in [9.17, 15) is 13.0 Å². The minimum atomic E-state index is -4.59. The Hall–Kier alpha value is 1.51. The van der Waals surface area contributed by atoms with Gasteiger partial charge in [-0.05, 0) is 18.8 Å². The van der Waals surface area contributed by atoms with Crippen molar-refractivity contribution in [3.05, 3.63) is 0 Å². The molecule has 0 saturated heterocycles. The van der Waals surface area contributed by atoms with Gasteiger partial charge in [-0.25, -0.2) is 8.42 Å². The fraction of sp³-hybridized carbons (Fsp3) is 1.00. The zero-order valence-electron chi connectivity index (χ0n) is 31.1. The van der Waals surface area contributed by atoms with Gasteiger partial charge >= 0.3 is 51.4 Å². The van der Waals surface area contributed by atoms with Gasteiger partial charge in [0.2, 0.25) is 10.4 Å². The smallest absolute Gasteiger partial charge is 0.726 e. The summed E-state index contributed by atoms with van der Waals surface area (Å²) in [5.74, 6) is 0.196. The maximum atomic E-state index is 11.0. The number of hydrogen-bond donors (Lipinski definition) is 0. The van der Waals surface area contributed by atoms with Crippen LogP contribution in [0.5, 0.6) is 0 Å². The summed E-state index contributed by atoms with van der Waals surface area (Å²) in [6, 6.07) is 0. The molecule has 4 nitrogen and oxygen atoms in total. The Bertz CT molecular complexity index is 643. The summed E-state index contributed by atoms with van der Waals surface area (Å²) in [6.07, 6.45) is 46.8. The van der Waals surface area contributed by atoms with Gasteiger partial charge in [0.25, 0.3) is 0 Å². The third-order valence-corrected chi connectivity index (χ3v) is 10.1. The van der Waals surface area contributed by atoms with Gasteiger partial charge in [-0.1, -0.05) is 226 Å². The molecule has 45 heavy (non-hydrogen) atoms. The average molecular weight is 683 g/mol. The van der Waals surface area contributed by atoms with Crippen LogP contribution >= 0.6 is 0 Å². The standard InChI is InChI=1S/C39H80O4S.K/c1-3-5-7-9-11-13-15-17-18-19-20-21-22-23-25-27-29-31-33-35-37-39(38-43-44(40,41)42)36-34-32-30-28-26-24-16-14-12-10-8-6-4-2;/h39H,3-38H2,1-2H3,(H,40,41,42);/q;+1/p-1. The molecule has 0 bridgehead atoms. The zero-order chi connectivity index (χ0) is 32.2. The molecule has 0 spiro atoms. The minimum Gasteiger partial charge on any atom is -0.726 e. The Morgan fingerprint density at radius 1 is 0.400 bits per heavy atom. The van der Waals surface area contributed by atoms with Crippen molar-refractivity contribution in [2.75, 3.05) is 6.61 Å². The van der Waals surface area contributed by atoms with E-state index in [0.717, 1.165) is 25.7 Å². The Morgan fingerprint density at radius 3 is 0.800 bits per heavy atom. The van der Waals surface area contributed by atoms with Crippen molar-refractivity contribution in [2.24, 2.45) is 5.92 Å². The molecule has 0 radical (unpaired) electrons. The molecule has 0 amide bonds. The second-order valence-electron chi connectivity index (χ2n) is 14.1. The SMILES string of the molecule is CCCCCCCCCCCCCCCCCCCCCCC(CCCCCCCCCCCCCCC)COS(=O)(=O)[O-].[K+]. The van der Waals surface area contributed by atoms with Gasteiger partial charge in [0.1, 0.15) is 0 Å². The predicted molar refractivity (Wildman–Crippen MR) is 192 cm³/mol. The van der Waals surface area contributed by atoms with Crippen LogP contribution in [0.3, 0.4) is 0 Å². The molecule has 1 unspecified atom stereocenters. The average Bonchev–Trinajstić information content (AvgIpc) is 3.00. The molecule has 6 heteroatoms. The van der Waals surface area contributed by atoms with Crippen molar-refractivity contribution in [2.45, 2.75) is 239 Å². The molecule has 0 N–H and O–H groups in total. The molecule has 0 aromatic carbocycles. The van der Waals surface area contributed by atoms with Crippen LogP contribution < -0.4 is 51.4 Å². The van der Waals surface area contributed by atoms with Crippen LogP contribution in [0.4, 0.5) is 0 Å². The maximum Gasteiger partial charge on any atom is 1.00 e. The molecular weight excluding hydrogens is 604 g/mol. The second kappa shape index (κ2) is 39.9. The summed E-state index contributed by atoms with van der Waals surface area (Å²) in [5, 5.41) is 0. The van der Waals surface area contributed by atoms with E-state index in [1.54, 1.807) is 0 Å². The Balaban J connectivity index is 0. The number of rotatable bonds is 38. The Morgan fingerprint density at radius 2 is 0.600 bits per heavy atom. The molecule has 0 rings (SSSR count). The summed E-state index contributed by atoms with van der Waals surface area (Å²) >= 11 is 0. The topological polar surface area (TPSA) is 66.4 Å². The van der Waals surface area contributed by atoms with Crippen molar-refractivity contribution in [1.82, 2.24) is 0 Å². The summed E-state index contributed by atoms with van der Waals surface area (Å²) in [6.45, 7) is 4.63. The molecular formula is C39H79KO4S. The molecule has 0 aromatic heterocycles. The van der Waals surface area contributed by atoms with E-state index in [1.165, 1.54) is 199 Å². The molecule has 1 atom stereocenters. The van der Waals surface area contributed by atoms with Gasteiger partial charge in [-0.3, -0.25) is 4.18 Å². The summed E-state index contributed by atoms with van der Waals surface area (Å²) in [5.41, 5.74) is 0. The number of hydrogen-bond acceptors (Lipinski definition) is 4. The third kappa shape index (κ3) is 43.5. The molecule has 0 aliphatic carbocycles. The zero-order valence-corrected chi connectivity index (χ0v) is 35.0. The van der Waals surface area contributed by atoms with Crippen molar-refractivity contribution in [3.63, 3.8) is 0 Å². The largest absolute Gasteiger partial charge is 1.00 e. The summed E-state index contributed by atoms with van der Waals surface area (Å²) < 4.78 is 37.7. The number of unbranched alkanes of at least 4 members (excludes halogenated alkanes) is 31. The normalized spacial score (nSPS) is 12.4. The fourth-order valence-corrected chi connectivity index (χ4v) is 6.99. The van der Waals surface area contributed by atoms with Gasteiger partial charge in [0, 0.05) is 0 Å². The first kappa shape index (κ1) is 48.6. The fourth-order valence-electron chi connectivity index (χ4n) is 6.63. The van der Waals surface area contributed by atoms with E-state index < -0.39 is 10.4 Å². The summed E-state index contributed by atoms with van der Waals surface area (Å²) in [4.78, 5) is 0. The van der Waals surface area contributed by atoms with Crippen molar-refractivity contribution in [3.8, 4) is 0 Å². The first-order valence-electron chi connectivity index (χ1n) is 20.1. The second-order valence-corrected chi connectivity index (χ2v) is 15.1. The van der Waals surface area contributed by atoms with Crippen LogP contribution in [0, 0.1) is 5.92 Å². The Kier molecular flexibility index (Phi) is 43.2. The van der Waals surface area contributed by atoms with Crippen LogP contribution in [0.25, 0.3) is 0 Å². The monoisotopic (exact) mass is 683 g/mol. The van der Waals surface area contributed by atoms with E-state index in [4.69, 9.17) is 0 Å². The molecule has 0 heterocycles. The van der Waals surface area contributed by atoms with E-state index in [0.29, 0.717) is 0 Å². The predicted octanol–water partition coefficient (Wildman–Crippen LogP) is 10.8. The van der Waals surface area contributed by atoms with Crippen molar-refractivity contribution >= 4 is 10.4 Å². The first-order chi connectivity index (χ1) is 21.5. The van der Waals surface area contributed by atoms with E-state index >= 15 is 0 Å². The van der Waals surface area contributed by atoms with E-state index in [-0.39, 0.29) is 63.9 Å². The van der Waals surface area contributed by atoms with Crippen LogP contribution in [-0.2, 0) is 14.6 Å².